The smallest absolute Gasteiger partial charge is 0.137 e. The summed E-state index contributed by atoms with van der Waals surface area (Å²) in [7, 11) is 0. The van der Waals surface area contributed by atoms with E-state index < -0.39 is 0 Å². The quantitative estimate of drug-likeness (QED) is 0.886. The van der Waals surface area contributed by atoms with Gasteiger partial charge in [-0.25, -0.2) is 4.39 Å². The van der Waals surface area contributed by atoms with Crippen LogP contribution in [0.1, 0.15) is 18.5 Å². The van der Waals surface area contributed by atoms with Crippen LogP contribution in [0.4, 0.5) is 4.39 Å². The Morgan fingerprint density at radius 2 is 1.83 bits per heavy atom. The van der Waals surface area contributed by atoms with Crippen LogP contribution in [-0.2, 0) is 0 Å². The summed E-state index contributed by atoms with van der Waals surface area (Å²) in [4.78, 5) is 1.52. The number of halogens is 2. The molecule has 0 aliphatic heterocycles. The van der Waals surface area contributed by atoms with Crippen LogP contribution in [0.5, 0.6) is 0 Å². The molecule has 0 bridgehead atoms. The molecule has 2 aromatic carbocycles. The van der Waals surface area contributed by atoms with Crippen molar-refractivity contribution in [1.29, 1.82) is 0 Å². The standard InChI is InChI=1S/C14H13ClFNS/c1-9(17)12-3-2-4-13(16)14(12)18-11-7-5-10(15)6-8-11/h2-9H,17H2,1H3/t9-/m0/s1. The highest BCUT2D eigenvalue weighted by Crippen LogP contribution is 2.35. The molecule has 0 saturated heterocycles. The zero-order valence-corrected chi connectivity index (χ0v) is 11.4. The molecule has 0 unspecified atom stereocenters. The van der Waals surface area contributed by atoms with Crippen molar-refractivity contribution in [3.05, 3.63) is 58.9 Å². The fraction of sp³-hybridized carbons (Fsp3) is 0.143. The Morgan fingerprint density at radius 1 is 1.17 bits per heavy atom. The molecule has 0 radical (unpaired) electrons. The molecule has 0 aliphatic rings. The topological polar surface area (TPSA) is 26.0 Å². The highest BCUT2D eigenvalue weighted by molar-refractivity contribution is 7.99. The fourth-order valence-corrected chi connectivity index (χ4v) is 2.78. The predicted molar refractivity (Wildman–Crippen MR) is 74.6 cm³/mol. The largest absolute Gasteiger partial charge is 0.324 e. The molecule has 94 valence electrons. The van der Waals surface area contributed by atoms with Crippen LogP contribution in [-0.4, -0.2) is 0 Å². The first kappa shape index (κ1) is 13.4. The van der Waals surface area contributed by atoms with Gasteiger partial charge in [-0.2, -0.15) is 0 Å². The van der Waals surface area contributed by atoms with Crippen molar-refractivity contribution < 1.29 is 4.39 Å². The highest BCUT2D eigenvalue weighted by atomic mass is 35.5. The minimum absolute atomic E-state index is 0.199. The molecule has 2 rings (SSSR count). The molecule has 4 heteroatoms. The van der Waals surface area contributed by atoms with Gasteiger partial charge in [-0.05, 0) is 42.8 Å². The van der Waals surface area contributed by atoms with E-state index in [4.69, 9.17) is 17.3 Å². The first-order valence-electron chi connectivity index (χ1n) is 5.55. The van der Waals surface area contributed by atoms with Crippen molar-refractivity contribution in [3.63, 3.8) is 0 Å². The Bertz CT molecular complexity index is 540. The second-order valence-corrected chi connectivity index (χ2v) is 5.52. The predicted octanol–water partition coefficient (Wildman–Crippen LogP) is 4.65. The van der Waals surface area contributed by atoms with E-state index in [2.05, 4.69) is 0 Å². The Balaban J connectivity index is 2.36. The monoisotopic (exact) mass is 281 g/mol. The maximum Gasteiger partial charge on any atom is 0.137 e. The van der Waals surface area contributed by atoms with E-state index in [1.54, 1.807) is 18.2 Å². The molecular formula is C14H13ClFNS. The Kier molecular flexibility index (Phi) is 4.27. The minimum Gasteiger partial charge on any atom is -0.324 e. The summed E-state index contributed by atoms with van der Waals surface area (Å²) >= 11 is 7.19. The van der Waals surface area contributed by atoms with Gasteiger partial charge in [-0.1, -0.05) is 35.5 Å². The second-order valence-electron chi connectivity index (χ2n) is 4.00. The van der Waals surface area contributed by atoms with Gasteiger partial charge in [-0.3, -0.25) is 0 Å². The molecule has 18 heavy (non-hydrogen) atoms. The van der Waals surface area contributed by atoms with E-state index in [9.17, 15) is 4.39 Å². The molecule has 0 saturated carbocycles. The van der Waals surface area contributed by atoms with E-state index in [1.807, 2.05) is 25.1 Å². The molecule has 0 heterocycles. The summed E-state index contributed by atoms with van der Waals surface area (Å²) < 4.78 is 13.9. The molecule has 1 nitrogen and oxygen atoms in total. The summed E-state index contributed by atoms with van der Waals surface area (Å²) in [5.74, 6) is -0.246. The van der Waals surface area contributed by atoms with Crippen molar-refractivity contribution in [2.45, 2.75) is 22.8 Å². The van der Waals surface area contributed by atoms with Crippen LogP contribution in [0.25, 0.3) is 0 Å². The molecule has 1 atom stereocenters. The summed E-state index contributed by atoms with van der Waals surface area (Å²) in [6.45, 7) is 1.85. The van der Waals surface area contributed by atoms with E-state index in [0.29, 0.717) is 9.92 Å². The SMILES string of the molecule is C[C@H](N)c1cccc(F)c1Sc1ccc(Cl)cc1. The van der Waals surface area contributed by atoms with Crippen molar-refractivity contribution in [1.82, 2.24) is 0 Å². The van der Waals surface area contributed by atoms with Gasteiger partial charge in [0.2, 0.25) is 0 Å². The lowest BCUT2D eigenvalue weighted by atomic mass is 10.1. The third-order valence-corrected chi connectivity index (χ3v) is 3.92. The number of hydrogen-bond acceptors (Lipinski definition) is 2. The van der Waals surface area contributed by atoms with Gasteiger partial charge in [0.15, 0.2) is 0 Å². The van der Waals surface area contributed by atoms with Crippen LogP contribution in [0.3, 0.4) is 0 Å². The number of benzene rings is 2. The minimum atomic E-state index is -0.246. The van der Waals surface area contributed by atoms with Gasteiger partial charge in [0.25, 0.3) is 0 Å². The Hall–Kier alpha value is -1.03. The third-order valence-electron chi connectivity index (χ3n) is 2.52. The zero-order chi connectivity index (χ0) is 13.1. The van der Waals surface area contributed by atoms with Crippen LogP contribution in [0.15, 0.2) is 52.3 Å². The molecule has 0 fully saturated rings. The molecule has 2 N–H and O–H groups in total. The van der Waals surface area contributed by atoms with Gasteiger partial charge in [0, 0.05) is 16.0 Å². The number of rotatable bonds is 3. The van der Waals surface area contributed by atoms with Gasteiger partial charge in [0.05, 0.1) is 4.90 Å². The maximum atomic E-state index is 13.9. The Morgan fingerprint density at radius 3 is 2.44 bits per heavy atom. The van der Waals surface area contributed by atoms with Crippen molar-refractivity contribution in [2.24, 2.45) is 5.73 Å². The highest BCUT2D eigenvalue weighted by Gasteiger charge is 2.12. The van der Waals surface area contributed by atoms with Crippen LogP contribution in [0.2, 0.25) is 5.02 Å². The first-order chi connectivity index (χ1) is 8.58. The van der Waals surface area contributed by atoms with Gasteiger partial charge in [-0.15, -0.1) is 0 Å². The van der Waals surface area contributed by atoms with Gasteiger partial charge < -0.3 is 5.73 Å². The number of hydrogen-bond donors (Lipinski definition) is 1. The van der Waals surface area contributed by atoms with E-state index >= 15 is 0 Å². The second kappa shape index (κ2) is 5.74. The first-order valence-corrected chi connectivity index (χ1v) is 6.75. The zero-order valence-electron chi connectivity index (χ0n) is 9.86. The van der Waals surface area contributed by atoms with Gasteiger partial charge >= 0.3 is 0 Å². The molecule has 0 aromatic heterocycles. The van der Waals surface area contributed by atoms with E-state index in [-0.39, 0.29) is 11.9 Å². The summed E-state index contributed by atoms with van der Waals surface area (Å²) in [6, 6.07) is 12.1. The summed E-state index contributed by atoms with van der Waals surface area (Å²) in [5.41, 5.74) is 6.67. The average molecular weight is 282 g/mol. The van der Waals surface area contributed by atoms with Crippen molar-refractivity contribution >= 4 is 23.4 Å². The lowest BCUT2D eigenvalue weighted by Gasteiger charge is -2.13. The summed E-state index contributed by atoms with van der Waals surface area (Å²) in [6.07, 6.45) is 0. The van der Waals surface area contributed by atoms with Crippen LogP contribution < -0.4 is 5.73 Å². The normalized spacial score (nSPS) is 12.4. The molecule has 0 spiro atoms. The lowest BCUT2D eigenvalue weighted by Crippen LogP contribution is -2.07. The van der Waals surface area contributed by atoms with Crippen molar-refractivity contribution in [2.75, 3.05) is 0 Å². The van der Waals surface area contributed by atoms with E-state index in [0.717, 1.165) is 10.5 Å². The van der Waals surface area contributed by atoms with Crippen molar-refractivity contribution in [3.8, 4) is 0 Å². The average Bonchev–Trinajstić information content (AvgIpc) is 2.34. The lowest BCUT2D eigenvalue weighted by molar-refractivity contribution is 0.591. The van der Waals surface area contributed by atoms with Gasteiger partial charge in [0.1, 0.15) is 5.82 Å². The maximum absolute atomic E-state index is 13.9. The van der Waals surface area contributed by atoms with Crippen LogP contribution >= 0.6 is 23.4 Å². The fourth-order valence-electron chi connectivity index (χ4n) is 1.61. The molecule has 0 amide bonds. The van der Waals surface area contributed by atoms with Crippen LogP contribution in [0, 0.1) is 5.82 Å². The summed E-state index contributed by atoms with van der Waals surface area (Å²) in [5, 5.41) is 0.667. The molecule has 0 aliphatic carbocycles. The number of nitrogens with two attached hydrogens (primary N) is 1. The molecular weight excluding hydrogens is 269 g/mol. The molecule has 2 aromatic rings. The Labute approximate surface area is 115 Å². The third kappa shape index (κ3) is 3.05. The van der Waals surface area contributed by atoms with E-state index in [1.165, 1.54) is 17.8 Å².